The summed E-state index contributed by atoms with van der Waals surface area (Å²) in [6.45, 7) is 1.64. The smallest absolute Gasteiger partial charge is 0.175 e. The van der Waals surface area contributed by atoms with Gasteiger partial charge in [-0.15, -0.1) is 0 Å². The lowest BCUT2D eigenvalue weighted by atomic mass is 9.91. The summed E-state index contributed by atoms with van der Waals surface area (Å²) in [7, 11) is 5.07. The van der Waals surface area contributed by atoms with E-state index in [9.17, 15) is 9.90 Å². The third-order valence-electron chi connectivity index (χ3n) is 1.65. The number of carbonyl (C=O) groups excluding carboxylic acids is 1. The quantitative estimate of drug-likeness (QED) is 0.739. The van der Waals surface area contributed by atoms with Gasteiger partial charge >= 0.3 is 0 Å². The SMILES string of the molecule is [B]C(=O)c1ccc(Br)c(O)c1C. The molecule has 0 aliphatic heterocycles. The molecule has 0 aliphatic rings. The first-order chi connectivity index (χ1) is 5.54. The van der Waals surface area contributed by atoms with Gasteiger partial charge in [0.05, 0.1) is 4.47 Å². The molecule has 4 heteroatoms. The number of benzene rings is 1. The molecule has 1 aromatic rings. The van der Waals surface area contributed by atoms with Crippen molar-refractivity contribution < 1.29 is 9.90 Å². The molecule has 60 valence electrons. The second kappa shape index (κ2) is 3.31. The van der Waals surface area contributed by atoms with Crippen LogP contribution < -0.4 is 0 Å². The zero-order valence-corrected chi connectivity index (χ0v) is 8.05. The van der Waals surface area contributed by atoms with Crippen LogP contribution in [-0.4, -0.2) is 18.6 Å². The van der Waals surface area contributed by atoms with Gasteiger partial charge in [-0.05, 0) is 28.9 Å². The highest BCUT2D eigenvalue weighted by molar-refractivity contribution is 9.10. The van der Waals surface area contributed by atoms with E-state index in [-0.39, 0.29) is 5.75 Å². The Morgan fingerprint density at radius 3 is 2.67 bits per heavy atom. The first-order valence-corrected chi connectivity index (χ1v) is 4.11. The molecular formula is C8H6BBrO2. The maximum Gasteiger partial charge on any atom is 0.175 e. The Kier molecular flexibility index (Phi) is 2.57. The summed E-state index contributed by atoms with van der Waals surface area (Å²) in [5.41, 5.74) is 0.308. The Bertz CT molecular complexity index is 336. The molecule has 0 saturated heterocycles. The molecule has 1 N–H and O–H groups in total. The number of halogens is 1. The summed E-state index contributed by atoms with van der Waals surface area (Å²) in [5.74, 6) is 0.0614. The van der Waals surface area contributed by atoms with Crippen molar-refractivity contribution in [1.82, 2.24) is 0 Å². The first-order valence-electron chi connectivity index (χ1n) is 3.32. The van der Waals surface area contributed by atoms with Crippen LogP contribution in [0, 0.1) is 6.92 Å². The van der Waals surface area contributed by atoms with E-state index in [0.29, 0.717) is 15.6 Å². The van der Waals surface area contributed by atoms with Crippen LogP contribution in [0.3, 0.4) is 0 Å². The van der Waals surface area contributed by atoms with E-state index < -0.39 is 5.68 Å². The van der Waals surface area contributed by atoms with Crippen molar-refractivity contribution in [2.24, 2.45) is 0 Å². The first kappa shape index (κ1) is 9.32. The molecule has 1 rings (SSSR count). The Labute approximate surface area is 80.1 Å². The third-order valence-corrected chi connectivity index (χ3v) is 2.29. The lowest BCUT2D eigenvalue weighted by Crippen LogP contribution is -2.00. The standard InChI is InChI=1S/C8H6BBrO2/c1-4-5(8(9)12)2-3-6(10)7(4)11/h2-3,11H,1H3. The number of phenolic OH excluding ortho intramolecular Hbond substituents is 1. The molecule has 0 amide bonds. The number of rotatable bonds is 1. The van der Waals surface area contributed by atoms with Crippen LogP contribution in [-0.2, 0) is 0 Å². The zero-order chi connectivity index (χ0) is 9.30. The Morgan fingerprint density at radius 2 is 2.17 bits per heavy atom. The van der Waals surface area contributed by atoms with E-state index >= 15 is 0 Å². The van der Waals surface area contributed by atoms with Gasteiger partial charge in [-0.1, -0.05) is 6.07 Å². The van der Waals surface area contributed by atoms with Gasteiger partial charge in [0.15, 0.2) is 7.85 Å². The normalized spacial score (nSPS) is 9.83. The molecule has 1 aromatic carbocycles. The van der Waals surface area contributed by atoms with Gasteiger partial charge in [0.25, 0.3) is 0 Å². The monoisotopic (exact) mass is 224 g/mol. The number of hydrogen-bond donors (Lipinski definition) is 1. The lowest BCUT2D eigenvalue weighted by Gasteiger charge is -2.05. The summed E-state index contributed by atoms with van der Waals surface area (Å²) in [4.78, 5) is 10.8. The van der Waals surface area contributed by atoms with Crippen molar-refractivity contribution >= 4 is 29.5 Å². The molecule has 2 radical (unpaired) electrons. The molecule has 0 aliphatic carbocycles. The highest BCUT2D eigenvalue weighted by Crippen LogP contribution is 2.29. The number of hydrogen-bond acceptors (Lipinski definition) is 2. The fourth-order valence-corrected chi connectivity index (χ4v) is 1.36. The predicted octanol–water partition coefficient (Wildman–Crippen LogP) is 1.77. The van der Waals surface area contributed by atoms with Crippen LogP contribution in [0.2, 0.25) is 0 Å². The summed E-state index contributed by atoms with van der Waals surface area (Å²) in [5, 5.41) is 9.38. The van der Waals surface area contributed by atoms with Crippen molar-refractivity contribution in [3.05, 3.63) is 27.7 Å². The van der Waals surface area contributed by atoms with Crippen LogP contribution in [0.15, 0.2) is 16.6 Å². The van der Waals surface area contributed by atoms with Crippen molar-refractivity contribution in [2.75, 3.05) is 0 Å². The van der Waals surface area contributed by atoms with Gasteiger partial charge in [0.1, 0.15) is 11.4 Å². The molecule has 2 nitrogen and oxygen atoms in total. The van der Waals surface area contributed by atoms with E-state index in [4.69, 9.17) is 7.85 Å². The third kappa shape index (κ3) is 1.53. The molecule has 0 saturated carbocycles. The maximum absolute atomic E-state index is 10.8. The molecule has 0 spiro atoms. The highest BCUT2D eigenvalue weighted by Gasteiger charge is 2.08. The predicted molar refractivity (Wildman–Crippen MR) is 50.6 cm³/mol. The van der Waals surface area contributed by atoms with Crippen LogP contribution in [0.4, 0.5) is 0 Å². The molecular weight excluding hydrogens is 219 g/mol. The second-order valence-electron chi connectivity index (χ2n) is 2.43. The maximum atomic E-state index is 10.8. The van der Waals surface area contributed by atoms with Gasteiger partial charge in [-0.25, -0.2) is 0 Å². The van der Waals surface area contributed by atoms with Gasteiger partial charge in [0.2, 0.25) is 0 Å². The average molecular weight is 225 g/mol. The van der Waals surface area contributed by atoms with Gasteiger partial charge in [-0.3, -0.25) is 0 Å². The van der Waals surface area contributed by atoms with E-state index in [2.05, 4.69) is 15.9 Å². The molecule has 0 fully saturated rings. The van der Waals surface area contributed by atoms with Crippen LogP contribution >= 0.6 is 15.9 Å². The topological polar surface area (TPSA) is 37.3 Å². The molecule has 0 atom stereocenters. The van der Waals surface area contributed by atoms with E-state index in [1.807, 2.05) is 0 Å². The van der Waals surface area contributed by atoms with E-state index in [1.165, 1.54) is 0 Å². The van der Waals surface area contributed by atoms with Crippen LogP contribution in [0.5, 0.6) is 5.75 Å². The molecule has 0 bridgehead atoms. The Balaban J connectivity index is 3.36. The average Bonchev–Trinajstić information content (AvgIpc) is 2.00. The zero-order valence-electron chi connectivity index (χ0n) is 6.47. The largest absolute Gasteiger partial charge is 0.506 e. The minimum Gasteiger partial charge on any atom is -0.506 e. The second-order valence-corrected chi connectivity index (χ2v) is 3.29. The minimum atomic E-state index is -0.532. The highest BCUT2D eigenvalue weighted by atomic mass is 79.9. The lowest BCUT2D eigenvalue weighted by molar-refractivity contribution is 0.107. The van der Waals surface area contributed by atoms with Crippen molar-refractivity contribution in [3.63, 3.8) is 0 Å². The number of aromatic hydroxyl groups is 1. The van der Waals surface area contributed by atoms with Crippen LogP contribution in [0.1, 0.15) is 15.9 Å². The molecule has 0 heterocycles. The van der Waals surface area contributed by atoms with Crippen LogP contribution in [0.25, 0.3) is 0 Å². The summed E-state index contributed by atoms with van der Waals surface area (Å²) < 4.78 is 0.560. The van der Waals surface area contributed by atoms with Crippen molar-refractivity contribution in [1.29, 1.82) is 0 Å². The summed E-state index contributed by atoms with van der Waals surface area (Å²) in [6, 6.07) is 3.16. The van der Waals surface area contributed by atoms with Gasteiger partial charge in [-0.2, -0.15) is 0 Å². The molecule has 0 unspecified atom stereocenters. The number of phenols is 1. The Morgan fingerprint density at radius 1 is 1.58 bits per heavy atom. The summed E-state index contributed by atoms with van der Waals surface area (Å²) >= 11 is 3.13. The minimum absolute atomic E-state index is 0.0614. The van der Waals surface area contributed by atoms with Gasteiger partial charge < -0.3 is 9.90 Å². The fourth-order valence-electron chi connectivity index (χ4n) is 0.934. The molecule has 0 aromatic heterocycles. The number of carbonyl (C=O) groups is 1. The fraction of sp³-hybridized carbons (Fsp3) is 0.125. The summed E-state index contributed by atoms with van der Waals surface area (Å²) in [6.07, 6.45) is 0. The van der Waals surface area contributed by atoms with E-state index in [1.54, 1.807) is 19.1 Å². The van der Waals surface area contributed by atoms with Crippen molar-refractivity contribution in [2.45, 2.75) is 6.92 Å². The Hall–Kier alpha value is -0.765. The van der Waals surface area contributed by atoms with E-state index in [0.717, 1.165) is 0 Å². The van der Waals surface area contributed by atoms with Crippen molar-refractivity contribution in [3.8, 4) is 5.75 Å². The van der Waals surface area contributed by atoms with Gasteiger partial charge in [0, 0.05) is 11.1 Å². The molecule has 12 heavy (non-hydrogen) atoms.